The first-order chi connectivity index (χ1) is 16.3. The van der Waals surface area contributed by atoms with E-state index < -0.39 is 15.9 Å². The number of thiazole rings is 1. The lowest BCUT2D eigenvalue weighted by Crippen LogP contribution is -2.40. The Morgan fingerprint density at radius 2 is 1.91 bits per heavy atom. The third-order valence-electron chi connectivity index (χ3n) is 5.32. The number of para-hydroxylation sites is 1. The molecule has 2 aromatic carbocycles. The fourth-order valence-corrected chi connectivity index (χ4v) is 6.48. The van der Waals surface area contributed by atoms with E-state index in [1.165, 1.54) is 33.8 Å². The predicted octanol–water partition coefficient (Wildman–Crippen LogP) is 3.72. The summed E-state index contributed by atoms with van der Waals surface area (Å²) in [7, 11) is -3.87. The number of amides is 1. The smallest absolute Gasteiger partial charge is 0.256 e. The Kier molecular flexibility index (Phi) is 6.13. The molecule has 1 N–H and O–H groups in total. The second-order valence-corrected chi connectivity index (χ2v) is 11.0. The monoisotopic (exact) mass is 517 g/mol. The standard InChI is InChI=1S/C22H20ClN5O4S2/c1-14-12-20(28(26-14)22-24-17-4-2-3-5-18(17)33-22)25-21(29)15-6-7-16(23)19(13-15)34(30,31)27-8-10-32-11-9-27/h2-7,12-13H,8-11H2,1H3,(H,25,29). The Bertz CT molecular complexity index is 1460. The van der Waals surface area contributed by atoms with E-state index in [4.69, 9.17) is 16.3 Å². The third kappa shape index (κ3) is 4.32. The van der Waals surface area contributed by atoms with Gasteiger partial charge in [-0.3, -0.25) is 4.79 Å². The number of benzene rings is 2. The van der Waals surface area contributed by atoms with Gasteiger partial charge in [-0.1, -0.05) is 35.1 Å². The van der Waals surface area contributed by atoms with Crippen molar-refractivity contribution in [1.29, 1.82) is 0 Å². The average molecular weight is 518 g/mol. The number of aryl methyl sites for hydroxylation is 1. The Hall–Kier alpha value is -2.83. The molecule has 0 unspecified atom stereocenters. The van der Waals surface area contributed by atoms with Crippen molar-refractivity contribution in [3.05, 3.63) is 64.8 Å². The number of ether oxygens (including phenoxy) is 1. The Labute approximate surface area is 205 Å². The number of fused-ring (bicyclic) bond motifs is 1. The number of sulfonamides is 1. The first kappa shape index (κ1) is 22.9. The van der Waals surface area contributed by atoms with Gasteiger partial charge in [-0.2, -0.15) is 14.1 Å². The molecule has 34 heavy (non-hydrogen) atoms. The molecular formula is C22H20ClN5O4S2. The van der Waals surface area contributed by atoms with Gasteiger partial charge in [0.2, 0.25) is 15.2 Å². The molecule has 1 aliphatic rings. The number of hydrogen-bond donors (Lipinski definition) is 1. The summed E-state index contributed by atoms with van der Waals surface area (Å²) in [4.78, 5) is 17.6. The van der Waals surface area contributed by atoms with Gasteiger partial charge in [0.05, 0.1) is 34.1 Å². The second-order valence-electron chi connectivity index (χ2n) is 7.66. The van der Waals surface area contributed by atoms with Gasteiger partial charge in [0.1, 0.15) is 10.7 Å². The lowest BCUT2D eigenvalue weighted by molar-refractivity contribution is 0.0730. The van der Waals surface area contributed by atoms with Crippen LogP contribution in [0.4, 0.5) is 5.82 Å². The molecule has 1 fully saturated rings. The first-order valence-corrected chi connectivity index (χ1v) is 13.1. The molecule has 1 saturated heterocycles. The van der Waals surface area contributed by atoms with Crippen molar-refractivity contribution in [2.45, 2.75) is 11.8 Å². The van der Waals surface area contributed by atoms with Crippen molar-refractivity contribution in [2.24, 2.45) is 0 Å². The third-order valence-corrected chi connectivity index (χ3v) is 8.71. The molecule has 0 radical (unpaired) electrons. The van der Waals surface area contributed by atoms with Crippen LogP contribution in [0.2, 0.25) is 5.02 Å². The summed E-state index contributed by atoms with van der Waals surface area (Å²) in [5.74, 6) is -0.0635. The summed E-state index contributed by atoms with van der Waals surface area (Å²) in [5, 5.41) is 7.96. The van der Waals surface area contributed by atoms with Crippen molar-refractivity contribution in [1.82, 2.24) is 19.1 Å². The number of morpholine rings is 1. The summed E-state index contributed by atoms with van der Waals surface area (Å²) in [6.07, 6.45) is 0. The molecule has 0 aliphatic carbocycles. The maximum absolute atomic E-state index is 13.1. The van der Waals surface area contributed by atoms with Crippen LogP contribution in [0.15, 0.2) is 53.4 Å². The van der Waals surface area contributed by atoms with Crippen LogP contribution in [-0.2, 0) is 14.8 Å². The van der Waals surface area contributed by atoms with Crippen LogP contribution in [0, 0.1) is 6.92 Å². The van der Waals surface area contributed by atoms with Gasteiger partial charge < -0.3 is 10.1 Å². The van der Waals surface area contributed by atoms with Crippen LogP contribution in [0.5, 0.6) is 0 Å². The maximum atomic E-state index is 13.1. The highest BCUT2D eigenvalue weighted by molar-refractivity contribution is 7.89. The molecule has 0 saturated carbocycles. The van der Waals surface area contributed by atoms with Gasteiger partial charge in [0, 0.05) is 24.7 Å². The summed E-state index contributed by atoms with van der Waals surface area (Å²) in [5.41, 5.74) is 1.69. The van der Waals surface area contributed by atoms with Gasteiger partial charge in [-0.25, -0.2) is 13.4 Å². The predicted molar refractivity (Wildman–Crippen MR) is 130 cm³/mol. The molecule has 3 heterocycles. The maximum Gasteiger partial charge on any atom is 0.256 e. The van der Waals surface area contributed by atoms with Crippen LogP contribution < -0.4 is 5.32 Å². The van der Waals surface area contributed by atoms with E-state index in [0.717, 1.165) is 10.2 Å². The zero-order valence-electron chi connectivity index (χ0n) is 18.1. The number of nitrogens with zero attached hydrogens (tertiary/aromatic N) is 4. The lowest BCUT2D eigenvalue weighted by Gasteiger charge is -2.26. The Morgan fingerprint density at radius 1 is 1.15 bits per heavy atom. The van der Waals surface area contributed by atoms with Crippen LogP contribution in [0.1, 0.15) is 16.1 Å². The van der Waals surface area contributed by atoms with Crippen molar-refractivity contribution in [2.75, 3.05) is 31.6 Å². The van der Waals surface area contributed by atoms with E-state index in [1.807, 2.05) is 31.2 Å². The van der Waals surface area contributed by atoms with E-state index in [9.17, 15) is 13.2 Å². The zero-order valence-corrected chi connectivity index (χ0v) is 20.5. The van der Waals surface area contributed by atoms with E-state index in [1.54, 1.807) is 10.7 Å². The molecule has 0 spiro atoms. The highest BCUT2D eigenvalue weighted by Crippen LogP contribution is 2.29. The minimum Gasteiger partial charge on any atom is -0.379 e. The van der Waals surface area contributed by atoms with Crippen molar-refractivity contribution in [3.63, 3.8) is 0 Å². The Balaban J connectivity index is 1.45. The minimum absolute atomic E-state index is 0.0541. The van der Waals surface area contributed by atoms with Crippen molar-refractivity contribution < 1.29 is 17.9 Å². The Morgan fingerprint density at radius 3 is 2.68 bits per heavy atom. The largest absolute Gasteiger partial charge is 0.379 e. The average Bonchev–Trinajstić information content (AvgIpc) is 3.42. The SMILES string of the molecule is Cc1cc(NC(=O)c2ccc(Cl)c(S(=O)(=O)N3CCOCC3)c2)n(-c2nc3ccccc3s2)n1. The van der Waals surface area contributed by atoms with Gasteiger partial charge in [0.15, 0.2) is 0 Å². The topological polar surface area (TPSA) is 106 Å². The number of carbonyl (C=O) groups excluding carboxylic acids is 1. The van der Waals surface area contributed by atoms with Crippen LogP contribution >= 0.6 is 22.9 Å². The van der Waals surface area contributed by atoms with Crippen LogP contribution in [0.3, 0.4) is 0 Å². The summed E-state index contributed by atoms with van der Waals surface area (Å²) < 4.78 is 35.3. The molecule has 1 amide bonds. The minimum atomic E-state index is -3.87. The van der Waals surface area contributed by atoms with Crippen LogP contribution in [0.25, 0.3) is 15.3 Å². The normalized spacial score (nSPS) is 15.0. The molecule has 0 bridgehead atoms. The number of rotatable bonds is 5. The lowest BCUT2D eigenvalue weighted by atomic mass is 10.2. The van der Waals surface area contributed by atoms with E-state index in [-0.39, 0.29) is 28.6 Å². The van der Waals surface area contributed by atoms with Gasteiger partial charge in [-0.05, 0) is 37.3 Å². The zero-order chi connectivity index (χ0) is 23.9. The molecule has 9 nitrogen and oxygen atoms in total. The van der Waals surface area contributed by atoms with Crippen molar-refractivity contribution >= 4 is 54.9 Å². The summed E-state index contributed by atoms with van der Waals surface area (Å²) >= 11 is 7.67. The number of nitrogens with one attached hydrogen (secondary N) is 1. The van der Waals surface area contributed by atoms with E-state index in [0.29, 0.717) is 29.9 Å². The van der Waals surface area contributed by atoms with Gasteiger partial charge in [0.25, 0.3) is 5.91 Å². The summed E-state index contributed by atoms with van der Waals surface area (Å²) in [6.45, 7) is 2.90. The molecular weight excluding hydrogens is 498 g/mol. The molecule has 12 heteroatoms. The van der Waals surface area contributed by atoms with E-state index in [2.05, 4.69) is 15.4 Å². The summed E-state index contributed by atoms with van der Waals surface area (Å²) in [6, 6.07) is 13.7. The highest BCUT2D eigenvalue weighted by Gasteiger charge is 2.29. The van der Waals surface area contributed by atoms with Crippen molar-refractivity contribution in [3.8, 4) is 5.13 Å². The molecule has 5 rings (SSSR count). The second kappa shape index (κ2) is 9.08. The molecule has 4 aromatic rings. The highest BCUT2D eigenvalue weighted by atomic mass is 35.5. The van der Waals surface area contributed by atoms with E-state index >= 15 is 0 Å². The molecule has 176 valence electrons. The number of anilines is 1. The molecule has 0 atom stereocenters. The van der Waals surface area contributed by atoms with Gasteiger partial charge in [-0.15, -0.1) is 0 Å². The number of aromatic nitrogens is 3. The molecule has 2 aromatic heterocycles. The molecule has 1 aliphatic heterocycles. The van der Waals surface area contributed by atoms with Gasteiger partial charge >= 0.3 is 0 Å². The number of hydrogen-bond acceptors (Lipinski definition) is 7. The quantitative estimate of drug-likeness (QED) is 0.432. The first-order valence-electron chi connectivity index (χ1n) is 10.4. The fourth-order valence-electron chi connectivity index (χ4n) is 3.64. The fraction of sp³-hybridized carbons (Fsp3) is 0.227. The van der Waals surface area contributed by atoms with Crippen LogP contribution in [-0.4, -0.2) is 59.7 Å². The number of carbonyl (C=O) groups is 1. The number of halogens is 1.